The van der Waals surface area contributed by atoms with Gasteiger partial charge in [0.25, 0.3) is 0 Å². The predicted molar refractivity (Wildman–Crippen MR) is 159 cm³/mol. The van der Waals surface area contributed by atoms with Crippen LogP contribution >= 0.6 is 15.9 Å². The molecule has 0 rings (SSSR count). The second kappa shape index (κ2) is 27.5. The molecule has 0 bridgehead atoms. The molecule has 214 valence electrons. The number of hydrogen-bond donors (Lipinski definition) is 0. The lowest BCUT2D eigenvalue weighted by atomic mass is 9.95. The fraction of sp³-hybridized carbons (Fsp3) is 0.935. The summed E-state index contributed by atoms with van der Waals surface area (Å²) in [5.41, 5.74) is 0. The Morgan fingerprint density at radius 3 is 1.67 bits per heavy atom. The highest BCUT2D eigenvalue weighted by molar-refractivity contribution is 9.09. The first-order valence-electron chi connectivity index (χ1n) is 15.6. The molecule has 4 nitrogen and oxygen atoms in total. The van der Waals surface area contributed by atoms with E-state index in [4.69, 9.17) is 4.74 Å². The van der Waals surface area contributed by atoms with Crippen LogP contribution in [-0.2, 0) is 14.3 Å². The van der Waals surface area contributed by atoms with Gasteiger partial charge in [0.1, 0.15) is 0 Å². The Labute approximate surface area is 233 Å². The molecule has 5 heteroatoms. The van der Waals surface area contributed by atoms with Gasteiger partial charge in [-0.2, -0.15) is 0 Å². The molecule has 36 heavy (non-hydrogen) atoms. The number of halogens is 1. The second-order valence-corrected chi connectivity index (χ2v) is 11.4. The first-order chi connectivity index (χ1) is 17.6. The van der Waals surface area contributed by atoms with Gasteiger partial charge in [0.2, 0.25) is 5.91 Å². The lowest BCUT2D eigenvalue weighted by molar-refractivity contribution is -0.145. The predicted octanol–water partition coefficient (Wildman–Crippen LogP) is 9.62. The molecule has 0 aromatic heterocycles. The van der Waals surface area contributed by atoms with Gasteiger partial charge in [0.05, 0.1) is 6.61 Å². The molecule has 0 saturated heterocycles. The van der Waals surface area contributed by atoms with Crippen molar-refractivity contribution in [2.45, 2.75) is 156 Å². The number of amides is 1. The van der Waals surface area contributed by atoms with Gasteiger partial charge in [-0.15, -0.1) is 0 Å². The van der Waals surface area contributed by atoms with Crippen molar-refractivity contribution in [2.75, 3.05) is 25.0 Å². The number of alkyl halides is 1. The van der Waals surface area contributed by atoms with Gasteiger partial charge in [-0.3, -0.25) is 9.59 Å². The third-order valence-corrected chi connectivity index (χ3v) is 7.56. The summed E-state index contributed by atoms with van der Waals surface area (Å²) in [5, 5.41) is 0.724. The third kappa shape index (κ3) is 22.6. The van der Waals surface area contributed by atoms with E-state index in [1.54, 1.807) is 0 Å². The summed E-state index contributed by atoms with van der Waals surface area (Å²) in [5.74, 6) is 0.736. The van der Waals surface area contributed by atoms with Gasteiger partial charge in [-0.1, -0.05) is 127 Å². The molecular weight excluding hydrogens is 514 g/mol. The number of carbonyl (C=O) groups excluding carboxylic acids is 2. The second-order valence-electron chi connectivity index (χ2n) is 10.6. The zero-order chi connectivity index (χ0) is 26.7. The number of esters is 1. The molecule has 1 amide bonds. The molecule has 0 aromatic carbocycles. The van der Waals surface area contributed by atoms with E-state index in [-0.39, 0.29) is 11.9 Å². The summed E-state index contributed by atoms with van der Waals surface area (Å²) in [6.45, 7) is 9.01. The Balaban J connectivity index is 4.20. The van der Waals surface area contributed by atoms with E-state index in [0.29, 0.717) is 25.4 Å². The fourth-order valence-electron chi connectivity index (χ4n) is 4.75. The quantitative estimate of drug-likeness (QED) is 0.0557. The van der Waals surface area contributed by atoms with Crippen molar-refractivity contribution >= 4 is 27.8 Å². The summed E-state index contributed by atoms with van der Waals surface area (Å²) in [4.78, 5) is 26.8. The highest BCUT2D eigenvalue weighted by Gasteiger charge is 2.14. The smallest absolute Gasteiger partial charge is 0.305 e. The molecule has 0 radical (unpaired) electrons. The molecule has 0 fully saturated rings. The first-order valence-corrected chi connectivity index (χ1v) is 16.7. The molecule has 0 N–H and O–H groups in total. The summed E-state index contributed by atoms with van der Waals surface area (Å²) >= 11 is 3.39. The average Bonchev–Trinajstić information content (AvgIpc) is 2.87. The van der Waals surface area contributed by atoms with Crippen molar-refractivity contribution in [3.05, 3.63) is 0 Å². The molecular formula is C31H60BrNO3. The standard InChI is InChI=1S/C31H60BrNO3/c1-4-7-10-13-14-17-22-29(21-16-11-8-5-2)28-36-31(35)23-18-15-20-27-33(30(34)24-25-32)26-19-12-9-6-3/h29H,4-28H2,1-3H3. The van der Waals surface area contributed by atoms with Gasteiger partial charge >= 0.3 is 5.97 Å². The fourth-order valence-corrected chi connectivity index (χ4v) is 5.08. The molecule has 1 atom stereocenters. The van der Waals surface area contributed by atoms with E-state index in [1.807, 2.05) is 4.90 Å². The largest absolute Gasteiger partial charge is 0.465 e. The van der Waals surface area contributed by atoms with Gasteiger partial charge in [-0.25, -0.2) is 0 Å². The van der Waals surface area contributed by atoms with E-state index in [2.05, 4.69) is 36.7 Å². The van der Waals surface area contributed by atoms with E-state index < -0.39 is 0 Å². The average molecular weight is 575 g/mol. The highest BCUT2D eigenvalue weighted by Crippen LogP contribution is 2.20. The Bertz CT molecular complexity index is 500. The monoisotopic (exact) mass is 573 g/mol. The molecule has 0 spiro atoms. The Hall–Kier alpha value is -0.580. The third-order valence-electron chi connectivity index (χ3n) is 7.16. The number of ether oxygens (including phenoxy) is 1. The number of hydrogen-bond acceptors (Lipinski definition) is 3. The van der Waals surface area contributed by atoms with Crippen LogP contribution in [0.3, 0.4) is 0 Å². The van der Waals surface area contributed by atoms with E-state index >= 15 is 0 Å². The topological polar surface area (TPSA) is 46.6 Å². The maximum atomic E-state index is 12.4. The van der Waals surface area contributed by atoms with Crippen molar-refractivity contribution < 1.29 is 14.3 Å². The molecule has 0 aromatic rings. The SMILES string of the molecule is CCCCCCCCC(CCCCCC)COC(=O)CCCCCN(CCCCCC)C(=O)CCBr. The van der Waals surface area contributed by atoms with Crippen LogP contribution in [0.25, 0.3) is 0 Å². The highest BCUT2D eigenvalue weighted by atomic mass is 79.9. The van der Waals surface area contributed by atoms with Crippen molar-refractivity contribution in [1.82, 2.24) is 4.90 Å². The molecule has 0 aliphatic heterocycles. The van der Waals surface area contributed by atoms with Gasteiger partial charge < -0.3 is 9.64 Å². The Morgan fingerprint density at radius 2 is 1.11 bits per heavy atom. The molecule has 0 heterocycles. The summed E-state index contributed by atoms with van der Waals surface area (Å²) in [7, 11) is 0. The lowest BCUT2D eigenvalue weighted by Crippen LogP contribution is -2.33. The summed E-state index contributed by atoms with van der Waals surface area (Å²) < 4.78 is 5.72. The van der Waals surface area contributed by atoms with Crippen LogP contribution in [0.1, 0.15) is 156 Å². The number of nitrogens with zero attached hydrogens (tertiary/aromatic N) is 1. The number of rotatable bonds is 27. The minimum absolute atomic E-state index is 0.0386. The van der Waals surface area contributed by atoms with Crippen molar-refractivity contribution in [1.29, 1.82) is 0 Å². The van der Waals surface area contributed by atoms with Crippen molar-refractivity contribution in [3.63, 3.8) is 0 Å². The van der Waals surface area contributed by atoms with E-state index in [1.165, 1.54) is 96.3 Å². The molecule has 0 aliphatic carbocycles. The maximum Gasteiger partial charge on any atom is 0.305 e. The Kier molecular flexibility index (Phi) is 27.0. The van der Waals surface area contributed by atoms with Crippen LogP contribution in [-0.4, -0.2) is 41.8 Å². The molecule has 0 saturated carbocycles. The summed E-state index contributed by atoms with van der Waals surface area (Å²) in [6.07, 6.45) is 24.0. The minimum Gasteiger partial charge on any atom is -0.465 e. The molecule has 0 aliphatic rings. The normalized spacial score (nSPS) is 12.0. The molecule has 1 unspecified atom stereocenters. The van der Waals surface area contributed by atoms with Crippen LogP contribution in [0.5, 0.6) is 0 Å². The lowest BCUT2D eigenvalue weighted by Gasteiger charge is -2.22. The van der Waals surface area contributed by atoms with Crippen molar-refractivity contribution in [3.8, 4) is 0 Å². The van der Waals surface area contributed by atoms with Crippen LogP contribution in [0, 0.1) is 5.92 Å². The van der Waals surface area contributed by atoms with Gasteiger partial charge in [0.15, 0.2) is 0 Å². The zero-order valence-corrected chi connectivity index (χ0v) is 25.9. The van der Waals surface area contributed by atoms with Crippen molar-refractivity contribution in [2.24, 2.45) is 5.92 Å². The summed E-state index contributed by atoms with van der Waals surface area (Å²) in [6, 6.07) is 0. The van der Waals surface area contributed by atoms with Gasteiger partial charge in [0, 0.05) is 31.3 Å². The minimum atomic E-state index is -0.0386. The van der Waals surface area contributed by atoms with E-state index in [9.17, 15) is 9.59 Å². The van der Waals surface area contributed by atoms with Crippen LogP contribution in [0.15, 0.2) is 0 Å². The number of unbranched alkanes of at least 4 members (excludes halogenated alkanes) is 13. The van der Waals surface area contributed by atoms with Crippen LogP contribution < -0.4 is 0 Å². The first kappa shape index (κ1) is 35.4. The van der Waals surface area contributed by atoms with E-state index in [0.717, 1.165) is 44.1 Å². The van der Waals surface area contributed by atoms with Crippen LogP contribution in [0.2, 0.25) is 0 Å². The maximum absolute atomic E-state index is 12.4. The Morgan fingerprint density at radius 1 is 0.639 bits per heavy atom. The van der Waals surface area contributed by atoms with Gasteiger partial charge in [-0.05, 0) is 38.0 Å². The van der Waals surface area contributed by atoms with Crippen LogP contribution in [0.4, 0.5) is 0 Å². The number of carbonyl (C=O) groups is 2. The zero-order valence-electron chi connectivity index (χ0n) is 24.3.